The van der Waals surface area contributed by atoms with Gasteiger partial charge in [-0.2, -0.15) is 0 Å². The second-order valence-corrected chi connectivity index (χ2v) is 13.0. The first-order valence-electron chi connectivity index (χ1n) is 16.4. The Morgan fingerprint density at radius 1 is 0.674 bits per heavy atom. The van der Waals surface area contributed by atoms with Crippen molar-refractivity contribution in [3.63, 3.8) is 0 Å². The molecular weight excluding hydrogens is 522 g/mol. The molecule has 1 heterocycles. The molecule has 4 aliphatic rings. The maximum Gasteiger partial charge on any atom is 0.151 e. The summed E-state index contributed by atoms with van der Waals surface area (Å²) in [6, 6.07) is 30.2. The number of hydrogen-bond donors (Lipinski definition) is 0. The summed E-state index contributed by atoms with van der Waals surface area (Å²) in [4.78, 5) is 2.48. The van der Waals surface area contributed by atoms with Crippen LogP contribution in [-0.2, 0) is 10.8 Å². The molecule has 2 nitrogen and oxygen atoms in total. The van der Waals surface area contributed by atoms with Crippen LogP contribution in [0.25, 0.3) is 22.3 Å². The van der Waals surface area contributed by atoms with Crippen molar-refractivity contribution in [2.24, 2.45) is 5.92 Å². The van der Waals surface area contributed by atoms with Gasteiger partial charge in [-0.1, -0.05) is 89.2 Å². The maximum absolute atomic E-state index is 6.45. The smallest absolute Gasteiger partial charge is 0.151 e. The molecule has 0 fully saturated rings. The lowest BCUT2D eigenvalue weighted by atomic mass is 9.70. The Morgan fingerprint density at radius 2 is 1.30 bits per heavy atom. The molecule has 2 heteroatoms. The first-order valence-corrected chi connectivity index (χ1v) is 16.4. The Labute approximate surface area is 256 Å². The molecule has 1 unspecified atom stereocenters. The lowest BCUT2D eigenvalue weighted by molar-refractivity contribution is 0.408. The number of anilines is 2. The van der Waals surface area contributed by atoms with Gasteiger partial charge in [0.15, 0.2) is 5.75 Å². The van der Waals surface area contributed by atoms with Crippen LogP contribution in [0, 0.1) is 5.92 Å². The number of para-hydroxylation sites is 2. The molecule has 4 aromatic carbocycles. The van der Waals surface area contributed by atoms with Crippen molar-refractivity contribution in [2.45, 2.75) is 77.6 Å². The van der Waals surface area contributed by atoms with E-state index in [2.05, 4.69) is 131 Å². The summed E-state index contributed by atoms with van der Waals surface area (Å²) in [6.07, 6.45) is 9.83. The van der Waals surface area contributed by atoms with Crippen LogP contribution < -0.4 is 9.64 Å². The molecule has 43 heavy (non-hydrogen) atoms. The topological polar surface area (TPSA) is 12.5 Å². The SMILES string of the molecule is CCC1(CC)c2ccccc2-c2cc3c(cc21)C(CC)(CC)c1cc(N2C4=C(C=CCC4C)Oc4ccccc42)ccc1-3. The molecule has 0 saturated heterocycles. The first kappa shape index (κ1) is 26.6. The molecule has 3 aliphatic carbocycles. The normalized spacial score (nSPS) is 19.7. The number of allylic oxidation sites excluding steroid dienone is 3. The minimum atomic E-state index is -0.0151. The van der Waals surface area contributed by atoms with Crippen molar-refractivity contribution >= 4 is 11.4 Å². The maximum atomic E-state index is 6.45. The lowest BCUT2D eigenvalue weighted by Crippen LogP contribution is -2.30. The van der Waals surface area contributed by atoms with E-state index in [1.54, 1.807) is 0 Å². The van der Waals surface area contributed by atoms with Gasteiger partial charge in [-0.05, 0) is 113 Å². The zero-order chi connectivity index (χ0) is 29.5. The molecule has 0 spiro atoms. The quantitative estimate of drug-likeness (QED) is 0.239. The number of rotatable bonds is 5. The lowest BCUT2D eigenvalue weighted by Gasteiger charge is -2.39. The summed E-state index contributed by atoms with van der Waals surface area (Å²) in [5.74, 6) is 2.27. The van der Waals surface area contributed by atoms with Crippen LogP contribution in [-0.4, -0.2) is 0 Å². The van der Waals surface area contributed by atoms with E-state index in [1.807, 2.05) is 0 Å². The molecule has 4 aromatic rings. The number of fused-ring (bicyclic) bond motifs is 7. The zero-order valence-corrected chi connectivity index (χ0v) is 26.1. The molecule has 1 atom stereocenters. The van der Waals surface area contributed by atoms with Gasteiger partial charge in [0.25, 0.3) is 0 Å². The zero-order valence-electron chi connectivity index (χ0n) is 26.1. The Hall–Kier alpha value is -4.04. The molecule has 0 saturated carbocycles. The molecule has 0 radical (unpaired) electrons. The largest absolute Gasteiger partial charge is 0.453 e. The average Bonchev–Trinajstić information content (AvgIpc) is 3.49. The van der Waals surface area contributed by atoms with Gasteiger partial charge in [0.05, 0.1) is 11.4 Å². The van der Waals surface area contributed by atoms with E-state index in [1.165, 1.54) is 55.9 Å². The fraction of sp³-hybridized carbons (Fsp3) is 0.317. The Kier molecular flexibility index (Phi) is 5.86. The molecule has 216 valence electrons. The minimum Gasteiger partial charge on any atom is -0.453 e. The highest BCUT2D eigenvalue weighted by Gasteiger charge is 2.46. The predicted molar refractivity (Wildman–Crippen MR) is 179 cm³/mol. The van der Waals surface area contributed by atoms with Crippen LogP contribution in [0.2, 0.25) is 0 Å². The Balaban J connectivity index is 1.36. The third-order valence-electron chi connectivity index (χ3n) is 11.4. The highest BCUT2D eigenvalue weighted by molar-refractivity contribution is 5.92. The van der Waals surface area contributed by atoms with E-state index in [4.69, 9.17) is 4.74 Å². The van der Waals surface area contributed by atoms with E-state index in [0.29, 0.717) is 5.92 Å². The molecule has 0 N–H and O–H groups in total. The minimum absolute atomic E-state index is 0.0151. The van der Waals surface area contributed by atoms with Gasteiger partial charge in [0.2, 0.25) is 0 Å². The molecule has 0 bridgehead atoms. The second-order valence-electron chi connectivity index (χ2n) is 13.0. The standard InChI is InChI=1S/C41H41NO/c1-6-40(7-2)32-17-11-10-16-28(32)30-24-31-29-22-21-27(23-33(29)41(8-3,9-4)35(31)25-34(30)40)42-36-18-12-13-19-37(36)43-38-20-14-15-26(5)39(38)42/h10-14,16-26H,6-9,15H2,1-5H3. The van der Waals surface area contributed by atoms with E-state index in [0.717, 1.165) is 49.3 Å². The summed E-state index contributed by atoms with van der Waals surface area (Å²) in [5, 5.41) is 0. The number of ether oxygens (including phenoxy) is 1. The predicted octanol–water partition coefficient (Wildman–Crippen LogP) is 11.2. The highest BCUT2D eigenvalue weighted by Crippen LogP contribution is 2.60. The third-order valence-corrected chi connectivity index (χ3v) is 11.4. The Morgan fingerprint density at radius 3 is 2.05 bits per heavy atom. The molecular formula is C41H41NO. The molecule has 0 amide bonds. The summed E-state index contributed by atoms with van der Waals surface area (Å²) >= 11 is 0. The van der Waals surface area contributed by atoms with Crippen LogP contribution in [0.1, 0.15) is 89.0 Å². The number of nitrogens with zero attached hydrogens (tertiary/aromatic N) is 1. The fourth-order valence-electron chi connectivity index (χ4n) is 9.08. The van der Waals surface area contributed by atoms with Crippen molar-refractivity contribution in [3.05, 3.63) is 125 Å². The molecule has 0 aromatic heterocycles. The van der Waals surface area contributed by atoms with Crippen molar-refractivity contribution < 1.29 is 4.74 Å². The summed E-state index contributed by atoms with van der Waals surface area (Å²) in [5.41, 5.74) is 15.4. The first-order chi connectivity index (χ1) is 21.0. The van der Waals surface area contributed by atoms with E-state index in [9.17, 15) is 0 Å². The van der Waals surface area contributed by atoms with Crippen molar-refractivity contribution in [1.82, 2.24) is 0 Å². The summed E-state index contributed by atoms with van der Waals surface area (Å²) in [7, 11) is 0. The number of benzene rings is 4. The van der Waals surface area contributed by atoms with Gasteiger partial charge < -0.3 is 9.64 Å². The molecule has 1 aliphatic heterocycles. The third kappa shape index (κ3) is 3.35. The monoisotopic (exact) mass is 563 g/mol. The summed E-state index contributed by atoms with van der Waals surface area (Å²) < 4.78 is 6.45. The fourth-order valence-corrected chi connectivity index (χ4v) is 9.08. The number of hydrogen-bond acceptors (Lipinski definition) is 2. The van der Waals surface area contributed by atoms with Crippen LogP contribution in [0.5, 0.6) is 5.75 Å². The average molecular weight is 564 g/mol. The summed E-state index contributed by atoms with van der Waals surface area (Å²) in [6.45, 7) is 11.9. The van der Waals surface area contributed by atoms with Gasteiger partial charge in [-0.15, -0.1) is 0 Å². The second kappa shape index (κ2) is 9.48. The van der Waals surface area contributed by atoms with E-state index < -0.39 is 0 Å². The van der Waals surface area contributed by atoms with Crippen LogP contribution >= 0.6 is 0 Å². The van der Waals surface area contributed by atoms with Crippen LogP contribution in [0.3, 0.4) is 0 Å². The van der Waals surface area contributed by atoms with E-state index in [-0.39, 0.29) is 10.8 Å². The Bertz CT molecular complexity index is 1850. The van der Waals surface area contributed by atoms with Crippen LogP contribution in [0.4, 0.5) is 11.4 Å². The van der Waals surface area contributed by atoms with Gasteiger partial charge in [-0.25, -0.2) is 0 Å². The van der Waals surface area contributed by atoms with Crippen molar-refractivity contribution in [2.75, 3.05) is 4.90 Å². The van der Waals surface area contributed by atoms with Gasteiger partial charge >= 0.3 is 0 Å². The molecule has 8 rings (SSSR count). The van der Waals surface area contributed by atoms with Crippen LogP contribution in [0.15, 0.2) is 102 Å². The van der Waals surface area contributed by atoms with Crippen molar-refractivity contribution in [3.8, 4) is 28.0 Å². The highest BCUT2D eigenvalue weighted by atomic mass is 16.5. The van der Waals surface area contributed by atoms with Gasteiger partial charge in [-0.3, -0.25) is 0 Å². The van der Waals surface area contributed by atoms with Gasteiger partial charge in [0, 0.05) is 22.4 Å². The van der Waals surface area contributed by atoms with Crippen molar-refractivity contribution in [1.29, 1.82) is 0 Å². The van der Waals surface area contributed by atoms with Gasteiger partial charge in [0.1, 0.15) is 5.76 Å². The van der Waals surface area contributed by atoms with E-state index >= 15 is 0 Å².